The molecule has 1 fully saturated rings. The van der Waals surface area contributed by atoms with Gasteiger partial charge in [0.15, 0.2) is 0 Å². The average molecular weight is 253 g/mol. The van der Waals surface area contributed by atoms with Gasteiger partial charge in [-0.1, -0.05) is 12.1 Å². The lowest BCUT2D eigenvalue weighted by atomic mass is 9.72. The number of benzene rings is 1. The van der Waals surface area contributed by atoms with Crippen LogP contribution in [-0.4, -0.2) is 34.6 Å². The van der Waals surface area contributed by atoms with E-state index in [1.807, 2.05) is 31.4 Å². The quantitative estimate of drug-likeness (QED) is 0.745. The number of aromatic amines is 1. The van der Waals surface area contributed by atoms with Crippen molar-refractivity contribution >= 4 is 10.9 Å². The number of H-pyrrole nitrogens is 1. The molecule has 4 rings (SSSR count). The van der Waals surface area contributed by atoms with Crippen molar-refractivity contribution in [2.45, 2.75) is 18.1 Å². The summed E-state index contributed by atoms with van der Waals surface area (Å²) >= 11 is 0. The summed E-state index contributed by atoms with van der Waals surface area (Å²) in [6.45, 7) is 0.627. The van der Waals surface area contributed by atoms with Gasteiger partial charge in [-0.05, 0) is 30.7 Å². The monoisotopic (exact) mass is 253 g/mol. The van der Waals surface area contributed by atoms with Crippen molar-refractivity contribution in [3.8, 4) is 6.07 Å². The zero-order valence-corrected chi connectivity index (χ0v) is 10.7. The maximum atomic E-state index is 11.2. The van der Waals surface area contributed by atoms with Gasteiger partial charge in [0.2, 0.25) is 0 Å². The molecule has 96 valence electrons. The van der Waals surface area contributed by atoms with Gasteiger partial charge in [0, 0.05) is 29.7 Å². The minimum absolute atomic E-state index is 0.00829. The lowest BCUT2D eigenvalue weighted by Gasteiger charge is -2.38. The Balaban J connectivity index is 2.06. The van der Waals surface area contributed by atoms with Gasteiger partial charge in [-0.15, -0.1) is 0 Å². The highest BCUT2D eigenvalue weighted by atomic mass is 16.3. The van der Waals surface area contributed by atoms with Crippen LogP contribution in [0.3, 0.4) is 0 Å². The Hall–Kier alpha value is -1.83. The number of aromatic nitrogens is 1. The number of nitrogens with zero attached hydrogens (tertiary/aromatic N) is 2. The number of hydrogen-bond donors (Lipinski definition) is 2. The highest BCUT2D eigenvalue weighted by Crippen LogP contribution is 2.49. The van der Waals surface area contributed by atoms with E-state index in [0.717, 1.165) is 22.9 Å². The molecule has 3 unspecified atom stereocenters. The van der Waals surface area contributed by atoms with Crippen LogP contribution in [-0.2, 0) is 12.0 Å². The van der Waals surface area contributed by atoms with Crippen LogP contribution in [0.1, 0.15) is 11.1 Å². The lowest BCUT2D eigenvalue weighted by Crippen LogP contribution is -2.47. The molecule has 1 aromatic carbocycles. The minimum atomic E-state index is -1.04. The van der Waals surface area contributed by atoms with Crippen LogP contribution in [0.25, 0.3) is 10.9 Å². The number of likely N-dealkylation sites (N-methyl/N-ethyl adjacent to an activating group) is 1. The standard InChI is InChI=1S/C15H15N3O/c1-18-8-10(6-16)15(19)11-3-2-4-12-14(11)9(7-17-12)5-13(15)18/h2-4,7,10,13,17,19H,5,8H2,1H3. The summed E-state index contributed by atoms with van der Waals surface area (Å²) in [6.07, 6.45) is 2.82. The molecule has 0 saturated carbocycles. The maximum absolute atomic E-state index is 11.2. The Labute approximate surface area is 111 Å². The van der Waals surface area contributed by atoms with Crippen molar-refractivity contribution in [1.29, 1.82) is 5.26 Å². The number of fused-ring (bicyclic) bond motifs is 2. The van der Waals surface area contributed by atoms with E-state index < -0.39 is 5.60 Å². The van der Waals surface area contributed by atoms with Crippen LogP contribution < -0.4 is 0 Å². The molecule has 2 N–H and O–H groups in total. The predicted molar refractivity (Wildman–Crippen MR) is 71.4 cm³/mol. The second-order valence-corrected chi connectivity index (χ2v) is 5.71. The van der Waals surface area contributed by atoms with Gasteiger partial charge in [0.05, 0.1) is 12.0 Å². The molecule has 19 heavy (non-hydrogen) atoms. The maximum Gasteiger partial charge on any atom is 0.123 e. The molecule has 1 aliphatic carbocycles. The molecular formula is C15H15N3O. The third kappa shape index (κ3) is 1.15. The van der Waals surface area contributed by atoms with Crippen molar-refractivity contribution < 1.29 is 5.11 Å². The highest BCUT2D eigenvalue weighted by Gasteiger charge is 2.56. The summed E-state index contributed by atoms with van der Waals surface area (Å²) in [5.41, 5.74) is 2.16. The van der Waals surface area contributed by atoms with Gasteiger partial charge >= 0.3 is 0 Å². The van der Waals surface area contributed by atoms with E-state index in [1.54, 1.807) is 0 Å². The molecule has 0 amide bonds. The zero-order chi connectivity index (χ0) is 13.2. The number of nitrogens with one attached hydrogen (secondary N) is 1. The SMILES string of the molecule is CN1CC(C#N)C2(O)c3cccc4[nH]cc(c34)CC12. The summed E-state index contributed by atoms with van der Waals surface area (Å²) in [4.78, 5) is 5.38. The van der Waals surface area contributed by atoms with Crippen molar-refractivity contribution in [2.75, 3.05) is 13.6 Å². The van der Waals surface area contributed by atoms with Gasteiger partial charge in [0.25, 0.3) is 0 Å². The first kappa shape index (κ1) is 11.0. The second kappa shape index (κ2) is 3.38. The Bertz CT molecular complexity index is 714. The van der Waals surface area contributed by atoms with E-state index in [9.17, 15) is 10.4 Å². The molecule has 0 bridgehead atoms. The molecule has 2 aromatic rings. The molecule has 1 aromatic heterocycles. The first-order chi connectivity index (χ1) is 9.16. The molecule has 1 aliphatic heterocycles. The number of hydrogen-bond acceptors (Lipinski definition) is 3. The Morgan fingerprint density at radius 3 is 3.16 bits per heavy atom. The molecule has 0 spiro atoms. The van der Waals surface area contributed by atoms with E-state index in [4.69, 9.17) is 0 Å². The summed E-state index contributed by atoms with van der Waals surface area (Å²) in [6, 6.07) is 8.23. The molecule has 3 atom stereocenters. The first-order valence-electron chi connectivity index (χ1n) is 6.58. The molecular weight excluding hydrogens is 238 g/mol. The largest absolute Gasteiger partial charge is 0.382 e. The van der Waals surface area contributed by atoms with Crippen LogP contribution in [0.2, 0.25) is 0 Å². The Morgan fingerprint density at radius 2 is 2.37 bits per heavy atom. The van der Waals surface area contributed by atoms with E-state index in [2.05, 4.69) is 16.0 Å². The third-order valence-corrected chi connectivity index (χ3v) is 4.83. The third-order valence-electron chi connectivity index (χ3n) is 4.83. The van der Waals surface area contributed by atoms with Gasteiger partial charge in [-0.25, -0.2) is 0 Å². The average Bonchev–Trinajstić information content (AvgIpc) is 2.94. The van der Waals surface area contributed by atoms with Gasteiger partial charge < -0.3 is 10.1 Å². The zero-order valence-electron chi connectivity index (χ0n) is 10.7. The first-order valence-corrected chi connectivity index (χ1v) is 6.58. The number of rotatable bonds is 0. The number of aliphatic hydroxyl groups is 1. The van der Waals surface area contributed by atoms with Crippen molar-refractivity contribution in [1.82, 2.24) is 9.88 Å². The van der Waals surface area contributed by atoms with E-state index >= 15 is 0 Å². The second-order valence-electron chi connectivity index (χ2n) is 5.71. The van der Waals surface area contributed by atoms with Crippen LogP contribution in [0, 0.1) is 17.2 Å². The highest BCUT2D eigenvalue weighted by molar-refractivity contribution is 5.89. The summed E-state index contributed by atoms with van der Waals surface area (Å²) < 4.78 is 0. The molecule has 4 nitrogen and oxygen atoms in total. The molecule has 2 heterocycles. The number of nitriles is 1. The summed E-state index contributed by atoms with van der Waals surface area (Å²) in [7, 11) is 1.99. The Kier molecular flexibility index (Phi) is 1.96. The van der Waals surface area contributed by atoms with Crippen LogP contribution in [0.15, 0.2) is 24.4 Å². The van der Waals surface area contributed by atoms with Crippen LogP contribution >= 0.6 is 0 Å². The molecule has 4 heteroatoms. The van der Waals surface area contributed by atoms with Crippen molar-refractivity contribution in [2.24, 2.45) is 5.92 Å². The molecule has 2 aliphatic rings. The Morgan fingerprint density at radius 1 is 1.53 bits per heavy atom. The van der Waals surface area contributed by atoms with Crippen molar-refractivity contribution in [3.63, 3.8) is 0 Å². The van der Waals surface area contributed by atoms with Crippen LogP contribution in [0.4, 0.5) is 0 Å². The lowest BCUT2D eigenvalue weighted by molar-refractivity contribution is -0.0158. The molecule has 0 radical (unpaired) electrons. The normalized spacial score (nSPS) is 33.3. The van der Waals surface area contributed by atoms with Crippen LogP contribution in [0.5, 0.6) is 0 Å². The summed E-state index contributed by atoms with van der Waals surface area (Å²) in [5.74, 6) is -0.365. The van der Waals surface area contributed by atoms with E-state index in [1.165, 1.54) is 5.56 Å². The van der Waals surface area contributed by atoms with E-state index in [0.29, 0.717) is 6.54 Å². The van der Waals surface area contributed by atoms with Gasteiger partial charge in [0.1, 0.15) is 5.60 Å². The number of likely N-dealkylation sites (tertiary alicyclic amines) is 1. The fourth-order valence-electron chi connectivity index (χ4n) is 3.90. The van der Waals surface area contributed by atoms with Gasteiger partial charge in [-0.2, -0.15) is 5.26 Å². The topological polar surface area (TPSA) is 63.1 Å². The molecule has 1 saturated heterocycles. The predicted octanol–water partition coefficient (Wildman–Crippen LogP) is 1.37. The van der Waals surface area contributed by atoms with Crippen molar-refractivity contribution in [3.05, 3.63) is 35.5 Å². The van der Waals surface area contributed by atoms with Gasteiger partial charge in [-0.3, -0.25) is 4.90 Å². The van der Waals surface area contributed by atoms with E-state index in [-0.39, 0.29) is 12.0 Å². The summed E-state index contributed by atoms with van der Waals surface area (Å²) in [5, 5.41) is 21.7. The minimum Gasteiger partial charge on any atom is -0.382 e. The fraction of sp³-hybridized carbons (Fsp3) is 0.400. The smallest absolute Gasteiger partial charge is 0.123 e. The fourth-order valence-corrected chi connectivity index (χ4v) is 3.90.